The van der Waals surface area contributed by atoms with Crippen molar-refractivity contribution >= 4 is 17.6 Å². The summed E-state index contributed by atoms with van der Waals surface area (Å²) in [6, 6.07) is 13.7. The number of H-pyrrole nitrogens is 1. The van der Waals surface area contributed by atoms with E-state index < -0.39 is 12.0 Å². The first-order valence-corrected chi connectivity index (χ1v) is 8.38. The number of hydrogen-bond acceptors (Lipinski definition) is 5. The number of likely N-dealkylation sites (N-methyl/N-ethyl adjacent to an activating group) is 1. The SMILES string of the molecule is CNC(C(=O)Nc1ccc(-c2cn[nH]c2)cc1)c1cccc(C(=O)OC)c1. The number of amides is 1. The van der Waals surface area contributed by atoms with Crippen molar-refractivity contribution in [1.82, 2.24) is 15.5 Å². The third-order valence-electron chi connectivity index (χ3n) is 4.18. The Bertz CT molecular complexity index is 921. The molecule has 1 amide bonds. The second kappa shape index (κ2) is 8.29. The van der Waals surface area contributed by atoms with Crippen molar-refractivity contribution in [3.63, 3.8) is 0 Å². The largest absolute Gasteiger partial charge is 0.465 e. The van der Waals surface area contributed by atoms with Crippen molar-refractivity contribution in [2.45, 2.75) is 6.04 Å². The van der Waals surface area contributed by atoms with Crippen LogP contribution in [0.25, 0.3) is 11.1 Å². The zero-order valence-corrected chi connectivity index (χ0v) is 15.0. The van der Waals surface area contributed by atoms with E-state index in [1.165, 1.54) is 7.11 Å². The summed E-state index contributed by atoms with van der Waals surface area (Å²) >= 11 is 0. The van der Waals surface area contributed by atoms with Crippen LogP contribution in [-0.2, 0) is 9.53 Å². The van der Waals surface area contributed by atoms with Crippen LogP contribution in [0.1, 0.15) is 22.0 Å². The van der Waals surface area contributed by atoms with Gasteiger partial charge in [-0.3, -0.25) is 9.89 Å². The van der Waals surface area contributed by atoms with Crippen molar-refractivity contribution in [3.05, 3.63) is 72.1 Å². The molecule has 2 aromatic carbocycles. The normalized spacial score (nSPS) is 11.6. The minimum atomic E-state index is -0.608. The van der Waals surface area contributed by atoms with Gasteiger partial charge in [-0.25, -0.2) is 4.79 Å². The third-order valence-corrected chi connectivity index (χ3v) is 4.18. The van der Waals surface area contributed by atoms with E-state index in [9.17, 15) is 9.59 Å². The molecular formula is C20H20N4O3. The van der Waals surface area contributed by atoms with Crippen LogP contribution in [0.5, 0.6) is 0 Å². The Morgan fingerprint density at radius 2 is 1.89 bits per heavy atom. The van der Waals surface area contributed by atoms with Crippen LogP contribution in [0.4, 0.5) is 5.69 Å². The number of hydrogen-bond donors (Lipinski definition) is 3. The fraction of sp³-hybridized carbons (Fsp3) is 0.150. The lowest BCUT2D eigenvalue weighted by molar-refractivity contribution is -0.118. The molecule has 27 heavy (non-hydrogen) atoms. The summed E-state index contributed by atoms with van der Waals surface area (Å²) in [4.78, 5) is 24.4. The van der Waals surface area contributed by atoms with E-state index in [1.807, 2.05) is 24.3 Å². The number of nitrogens with zero attached hydrogens (tertiary/aromatic N) is 1. The number of carbonyl (C=O) groups is 2. The van der Waals surface area contributed by atoms with Gasteiger partial charge in [0.2, 0.25) is 5.91 Å². The van der Waals surface area contributed by atoms with Crippen LogP contribution >= 0.6 is 0 Å². The molecule has 0 bridgehead atoms. The van der Waals surface area contributed by atoms with E-state index in [-0.39, 0.29) is 5.91 Å². The predicted molar refractivity (Wildman–Crippen MR) is 102 cm³/mol. The lowest BCUT2D eigenvalue weighted by atomic mass is 10.0. The molecule has 3 rings (SSSR count). The minimum Gasteiger partial charge on any atom is -0.465 e. The topological polar surface area (TPSA) is 96.1 Å². The number of anilines is 1. The van der Waals surface area contributed by atoms with Crippen LogP contribution in [0.3, 0.4) is 0 Å². The van der Waals surface area contributed by atoms with Gasteiger partial charge in [-0.2, -0.15) is 5.10 Å². The smallest absolute Gasteiger partial charge is 0.337 e. The minimum absolute atomic E-state index is 0.226. The summed E-state index contributed by atoms with van der Waals surface area (Å²) in [5.41, 5.74) is 3.72. The fourth-order valence-corrected chi connectivity index (χ4v) is 2.78. The number of rotatable bonds is 6. The van der Waals surface area contributed by atoms with E-state index in [4.69, 9.17) is 4.74 Å². The average Bonchev–Trinajstić information content (AvgIpc) is 3.23. The number of aromatic nitrogens is 2. The number of aromatic amines is 1. The lowest BCUT2D eigenvalue weighted by Crippen LogP contribution is -2.30. The molecule has 0 saturated carbocycles. The van der Waals surface area contributed by atoms with Gasteiger partial charge in [0.05, 0.1) is 18.9 Å². The average molecular weight is 364 g/mol. The molecule has 0 aliphatic heterocycles. The summed E-state index contributed by atoms with van der Waals surface area (Å²) in [6.07, 6.45) is 3.54. The van der Waals surface area contributed by atoms with Crippen molar-refractivity contribution in [1.29, 1.82) is 0 Å². The summed E-state index contributed by atoms with van der Waals surface area (Å²) in [7, 11) is 3.02. The quantitative estimate of drug-likeness (QED) is 0.585. The number of esters is 1. The molecule has 3 N–H and O–H groups in total. The molecule has 0 fully saturated rings. The third kappa shape index (κ3) is 4.21. The van der Waals surface area contributed by atoms with Gasteiger partial charge >= 0.3 is 5.97 Å². The summed E-state index contributed by atoms with van der Waals surface area (Å²) in [6.45, 7) is 0. The summed E-state index contributed by atoms with van der Waals surface area (Å²) in [5, 5.41) is 12.6. The Kier molecular flexibility index (Phi) is 5.63. The van der Waals surface area contributed by atoms with Crippen LogP contribution < -0.4 is 10.6 Å². The van der Waals surface area contributed by atoms with Gasteiger partial charge in [0.15, 0.2) is 0 Å². The van der Waals surface area contributed by atoms with Gasteiger partial charge in [0, 0.05) is 17.4 Å². The van der Waals surface area contributed by atoms with Crippen LogP contribution in [0, 0.1) is 0 Å². The highest BCUT2D eigenvalue weighted by atomic mass is 16.5. The molecule has 0 aliphatic carbocycles. The summed E-state index contributed by atoms with van der Waals surface area (Å²) in [5.74, 6) is -0.669. The first kappa shape index (κ1) is 18.3. The maximum atomic E-state index is 12.7. The maximum absolute atomic E-state index is 12.7. The van der Waals surface area contributed by atoms with Crippen molar-refractivity contribution in [2.75, 3.05) is 19.5 Å². The van der Waals surface area contributed by atoms with Crippen molar-refractivity contribution in [2.24, 2.45) is 0 Å². The lowest BCUT2D eigenvalue weighted by Gasteiger charge is -2.17. The molecule has 0 spiro atoms. The predicted octanol–water partition coefficient (Wildman–Crippen LogP) is 2.76. The van der Waals surface area contributed by atoms with E-state index in [0.29, 0.717) is 16.8 Å². The van der Waals surface area contributed by atoms with E-state index in [2.05, 4.69) is 20.8 Å². The Hall–Kier alpha value is -3.45. The molecule has 0 saturated heterocycles. The molecule has 1 atom stereocenters. The molecule has 7 nitrogen and oxygen atoms in total. The molecule has 138 valence electrons. The fourth-order valence-electron chi connectivity index (χ4n) is 2.78. The van der Waals surface area contributed by atoms with Gasteiger partial charge in [-0.1, -0.05) is 24.3 Å². The molecule has 1 unspecified atom stereocenters. The van der Waals surface area contributed by atoms with Crippen molar-refractivity contribution < 1.29 is 14.3 Å². The highest BCUT2D eigenvalue weighted by Crippen LogP contribution is 2.22. The molecule has 3 aromatic rings. The number of ether oxygens (including phenoxy) is 1. The second-order valence-corrected chi connectivity index (χ2v) is 5.89. The highest BCUT2D eigenvalue weighted by Gasteiger charge is 2.20. The Morgan fingerprint density at radius 3 is 2.52 bits per heavy atom. The second-order valence-electron chi connectivity index (χ2n) is 5.89. The van der Waals surface area contributed by atoms with E-state index in [1.54, 1.807) is 43.7 Å². The first-order chi connectivity index (χ1) is 13.1. The molecule has 1 aromatic heterocycles. The zero-order valence-electron chi connectivity index (χ0n) is 15.0. The van der Waals surface area contributed by atoms with Gasteiger partial charge in [-0.15, -0.1) is 0 Å². The zero-order chi connectivity index (χ0) is 19.2. The van der Waals surface area contributed by atoms with E-state index >= 15 is 0 Å². The Balaban J connectivity index is 1.75. The van der Waals surface area contributed by atoms with Gasteiger partial charge < -0.3 is 15.4 Å². The number of benzene rings is 2. The monoisotopic (exact) mass is 364 g/mol. The van der Waals surface area contributed by atoms with Gasteiger partial charge in [-0.05, 0) is 42.4 Å². The van der Waals surface area contributed by atoms with Crippen LogP contribution in [0.2, 0.25) is 0 Å². The van der Waals surface area contributed by atoms with E-state index in [0.717, 1.165) is 11.1 Å². The van der Waals surface area contributed by atoms with Crippen LogP contribution in [0.15, 0.2) is 60.9 Å². The number of nitrogens with one attached hydrogen (secondary N) is 3. The summed E-state index contributed by atoms with van der Waals surface area (Å²) < 4.78 is 4.74. The first-order valence-electron chi connectivity index (χ1n) is 8.38. The molecule has 0 aliphatic rings. The highest BCUT2D eigenvalue weighted by molar-refractivity contribution is 5.96. The standard InChI is InChI=1S/C20H20N4O3/c1-21-18(14-4-3-5-15(10-14)20(26)27-2)19(25)24-17-8-6-13(7-9-17)16-11-22-23-12-16/h3-12,18,21H,1-2H3,(H,22,23)(H,24,25). The van der Waals surface area contributed by atoms with Crippen molar-refractivity contribution in [3.8, 4) is 11.1 Å². The van der Waals surface area contributed by atoms with Gasteiger partial charge in [0.25, 0.3) is 0 Å². The maximum Gasteiger partial charge on any atom is 0.337 e. The molecular weight excluding hydrogens is 344 g/mol. The molecule has 0 radical (unpaired) electrons. The van der Waals surface area contributed by atoms with Gasteiger partial charge in [0.1, 0.15) is 6.04 Å². The van der Waals surface area contributed by atoms with Crippen LogP contribution in [-0.4, -0.2) is 36.2 Å². The molecule has 7 heteroatoms. The molecule has 1 heterocycles. The Morgan fingerprint density at radius 1 is 1.11 bits per heavy atom. The Labute approximate surface area is 156 Å². The number of carbonyl (C=O) groups excluding carboxylic acids is 2. The number of methoxy groups -OCH3 is 1.